The topological polar surface area (TPSA) is 65.5 Å². The van der Waals surface area contributed by atoms with Gasteiger partial charge in [0.2, 0.25) is 5.91 Å². The Balaban J connectivity index is 1.62. The van der Waals surface area contributed by atoms with Gasteiger partial charge in [0.05, 0.1) is 0 Å². The van der Waals surface area contributed by atoms with Crippen LogP contribution in [0.15, 0.2) is 35.3 Å². The highest BCUT2D eigenvalue weighted by Crippen LogP contribution is 2.27. The number of hydrogen-bond donors (Lipinski definition) is 3. The lowest BCUT2D eigenvalue weighted by atomic mass is 10.0. The van der Waals surface area contributed by atoms with E-state index in [0.29, 0.717) is 25.4 Å². The Morgan fingerprint density at radius 2 is 1.80 bits per heavy atom. The van der Waals surface area contributed by atoms with Gasteiger partial charge in [-0.2, -0.15) is 0 Å². The molecule has 138 valence electrons. The zero-order chi connectivity index (χ0) is 17.7. The molecule has 0 bridgehead atoms. The second kappa shape index (κ2) is 11.5. The Labute approximate surface area is 151 Å². The van der Waals surface area contributed by atoms with Crippen LogP contribution in [-0.4, -0.2) is 38.0 Å². The number of hydrogen-bond acceptors (Lipinski definition) is 2. The molecule has 1 fully saturated rings. The van der Waals surface area contributed by atoms with Gasteiger partial charge >= 0.3 is 0 Å². The molecule has 3 N–H and O–H groups in total. The SMILES string of the molecule is CCNC(=NCCc1ccccc1)NCCNC(=O)CC1CCCC1. The fourth-order valence-electron chi connectivity index (χ4n) is 3.21. The van der Waals surface area contributed by atoms with Crippen LogP contribution in [0.4, 0.5) is 0 Å². The fourth-order valence-corrected chi connectivity index (χ4v) is 3.21. The Hall–Kier alpha value is -2.04. The van der Waals surface area contributed by atoms with Crippen molar-refractivity contribution in [3.05, 3.63) is 35.9 Å². The van der Waals surface area contributed by atoms with Gasteiger partial charge in [0.25, 0.3) is 0 Å². The summed E-state index contributed by atoms with van der Waals surface area (Å²) >= 11 is 0. The summed E-state index contributed by atoms with van der Waals surface area (Å²) in [6.45, 7) is 4.94. The van der Waals surface area contributed by atoms with Crippen molar-refractivity contribution < 1.29 is 4.79 Å². The van der Waals surface area contributed by atoms with Crippen LogP contribution in [0, 0.1) is 5.92 Å². The quantitative estimate of drug-likeness (QED) is 0.366. The Morgan fingerprint density at radius 3 is 2.52 bits per heavy atom. The molecule has 2 rings (SSSR count). The largest absolute Gasteiger partial charge is 0.357 e. The summed E-state index contributed by atoms with van der Waals surface area (Å²) in [6, 6.07) is 10.4. The molecule has 0 aromatic heterocycles. The van der Waals surface area contributed by atoms with E-state index in [1.54, 1.807) is 0 Å². The molecule has 0 spiro atoms. The van der Waals surface area contributed by atoms with Crippen LogP contribution in [0.2, 0.25) is 0 Å². The zero-order valence-corrected chi connectivity index (χ0v) is 15.4. The smallest absolute Gasteiger partial charge is 0.220 e. The molecule has 1 saturated carbocycles. The van der Waals surface area contributed by atoms with Crippen LogP contribution in [0.25, 0.3) is 0 Å². The van der Waals surface area contributed by atoms with Crippen molar-refractivity contribution in [3.8, 4) is 0 Å². The molecule has 1 aromatic carbocycles. The average molecular weight is 345 g/mol. The van der Waals surface area contributed by atoms with Crippen LogP contribution < -0.4 is 16.0 Å². The number of nitrogens with zero attached hydrogens (tertiary/aromatic N) is 1. The first-order valence-electron chi connectivity index (χ1n) is 9.60. The van der Waals surface area contributed by atoms with E-state index in [1.807, 2.05) is 6.07 Å². The number of benzene rings is 1. The minimum Gasteiger partial charge on any atom is -0.357 e. The molecule has 0 atom stereocenters. The number of carbonyl (C=O) groups excluding carboxylic acids is 1. The van der Waals surface area contributed by atoms with Crippen LogP contribution in [0.3, 0.4) is 0 Å². The minimum atomic E-state index is 0.180. The number of aliphatic imine (C=N–C) groups is 1. The van der Waals surface area contributed by atoms with Crippen LogP contribution in [0.5, 0.6) is 0 Å². The second-order valence-electron chi connectivity index (χ2n) is 6.63. The molecule has 0 unspecified atom stereocenters. The molecule has 1 amide bonds. The van der Waals surface area contributed by atoms with E-state index in [4.69, 9.17) is 0 Å². The normalized spacial score (nSPS) is 15.2. The second-order valence-corrected chi connectivity index (χ2v) is 6.63. The fraction of sp³-hybridized carbons (Fsp3) is 0.600. The summed E-state index contributed by atoms with van der Waals surface area (Å²) < 4.78 is 0. The lowest BCUT2D eigenvalue weighted by Crippen LogP contribution is -2.41. The van der Waals surface area contributed by atoms with Gasteiger partial charge in [-0.15, -0.1) is 0 Å². The predicted octanol–water partition coefficient (Wildman–Crippen LogP) is 2.48. The van der Waals surface area contributed by atoms with E-state index in [2.05, 4.69) is 52.1 Å². The number of nitrogens with one attached hydrogen (secondary N) is 3. The molecular formula is C20H32N4O. The summed E-state index contributed by atoms with van der Waals surface area (Å²) in [7, 11) is 0. The molecular weight excluding hydrogens is 312 g/mol. The minimum absolute atomic E-state index is 0.180. The van der Waals surface area contributed by atoms with Crippen LogP contribution >= 0.6 is 0 Å². The third kappa shape index (κ3) is 8.05. The molecule has 1 aliphatic carbocycles. The van der Waals surface area contributed by atoms with Crippen molar-refractivity contribution >= 4 is 11.9 Å². The van der Waals surface area contributed by atoms with Crippen molar-refractivity contribution in [1.82, 2.24) is 16.0 Å². The van der Waals surface area contributed by atoms with Crippen molar-refractivity contribution in [2.45, 2.75) is 45.4 Å². The summed E-state index contributed by atoms with van der Waals surface area (Å²) in [5.74, 6) is 1.59. The van der Waals surface area contributed by atoms with Gasteiger partial charge in [0.1, 0.15) is 0 Å². The highest BCUT2D eigenvalue weighted by atomic mass is 16.1. The molecule has 0 aliphatic heterocycles. The molecule has 25 heavy (non-hydrogen) atoms. The first-order valence-corrected chi connectivity index (χ1v) is 9.60. The van der Waals surface area contributed by atoms with Crippen molar-refractivity contribution in [3.63, 3.8) is 0 Å². The Kier molecular flexibility index (Phi) is 8.87. The third-order valence-electron chi connectivity index (χ3n) is 4.55. The van der Waals surface area contributed by atoms with Gasteiger partial charge in [-0.25, -0.2) is 0 Å². The van der Waals surface area contributed by atoms with Gasteiger partial charge in [-0.1, -0.05) is 43.2 Å². The standard InChI is InChI=1S/C20H32N4O/c1-2-21-20(23-13-12-17-8-4-3-5-9-17)24-15-14-22-19(25)16-18-10-6-7-11-18/h3-5,8-9,18H,2,6-7,10-16H2,1H3,(H,22,25)(H2,21,23,24). The van der Waals surface area contributed by atoms with Gasteiger partial charge in [0.15, 0.2) is 5.96 Å². The zero-order valence-electron chi connectivity index (χ0n) is 15.4. The van der Waals surface area contributed by atoms with E-state index >= 15 is 0 Å². The lowest BCUT2D eigenvalue weighted by Gasteiger charge is -2.13. The maximum absolute atomic E-state index is 11.9. The van der Waals surface area contributed by atoms with E-state index in [1.165, 1.54) is 31.2 Å². The van der Waals surface area contributed by atoms with Crippen molar-refractivity contribution in [2.75, 3.05) is 26.2 Å². The number of rotatable bonds is 9. The van der Waals surface area contributed by atoms with E-state index in [-0.39, 0.29) is 5.91 Å². The molecule has 0 radical (unpaired) electrons. The van der Waals surface area contributed by atoms with E-state index in [9.17, 15) is 4.79 Å². The first kappa shape index (κ1) is 19.3. The molecule has 0 heterocycles. The Morgan fingerprint density at radius 1 is 1.08 bits per heavy atom. The molecule has 0 saturated heterocycles. The molecule has 5 heteroatoms. The predicted molar refractivity (Wildman–Crippen MR) is 104 cm³/mol. The number of carbonyl (C=O) groups is 1. The highest BCUT2D eigenvalue weighted by molar-refractivity contribution is 5.80. The van der Waals surface area contributed by atoms with Gasteiger partial charge in [-0.05, 0) is 37.7 Å². The average Bonchev–Trinajstić information content (AvgIpc) is 3.12. The highest BCUT2D eigenvalue weighted by Gasteiger charge is 2.17. The van der Waals surface area contributed by atoms with Gasteiger partial charge in [0, 0.05) is 32.6 Å². The first-order chi connectivity index (χ1) is 12.3. The third-order valence-corrected chi connectivity index (χ3v) is 4.55. The van der Waals surface area contributed by atoms with Gasteiger partial charge in [-0.3, -0.25) is 9.79 Å². The van der Waals surface area contributed by atoms with Crippen LogP contribution in [0.1, 0.15) is 44.6 Å². The monoisotopic (exact) mass is 344 g/mol. The van der Waals surface area contributed by atoms with Crippen molar-refractivity contribution in [2.24, 2.45) is 10.9 Å². The maximum atomic E-state index is 11.9. The van der Waals surface area contributed by atoms with E-state index < -0.39 is 0 Å². The summed E-state index contributed by atoms with van der Waals surface area (Å²) in [6.07, 6.45) is 6.60. The van der Waals surface area contributed by atoms with E-state index in [0.717, 1.165) is 25.5 Å². The summed E-state index contributed by atoms with van der Waals surface area (Å²) in [5, 5.41) is 9.53. The van der Waals surface area contributed by atoms with Crippen LogP contribution in [-0.2, 0) is 11.2 Å². The molecule has 5 nitrogen and oxygen atoms in total. The number of amides is 1. The summed E-state index contributed by atoms with van der Waals surface area (Å²) in [5.41, 5.74) is 1.29. The van der Waals surface area contributed by atoms with Crippen molar-refractivity contribution in [1.29, 1.82) is 0 Å². The summed E-state index contributed by atoms with van der Waals surface area (Å²) in [4.78, 5) is 16.5. The van der Waals surface area contributed by atoms with Gasteiger partial charge < -0.3 is 16.0 Å². The maximum Gasteiger partial charge on any atom is 0.220 e. The Bertz CT molecular complexity index is 524. The molecule has 1 aliphatic rings. The number of guanidine groups is 1. The molecule has 1 aromatic rings. The lowest BCUT2D eigenvalue weighted by molar-refractivity contribution is -0.121.